The minimum absolute atomic E-state index is 0.178. The van der Waals surface area contributed by atoms with Crippen molar-refractivity contribution in [2.45, 2.75) is 12.7 Å². The standard InChI is InChI=1S/C21H17FN4O4/c1-30-15-8-9-17(18(11-15)26(28)29)24-20-19-16(3-2-10-23-19)21(27)25(20)12-13-4-6-14(22)7-5-13/h2-11,20,24H,12H2,1H3/t20-/m1/s1. The maximum atomic E-state index is 13.3. The molecule has 3 aromatic rings. The lowest BCUT2D eigenvalue weighted by molar-refractivity contribution is -0.384. The molecule has 0 bridgehead atoms. The highest BCUT2D eigenvalue weighted by Crippen LogP contribution is 2.37. The van der Waals surface area contributed by atoms with E-state index in [2.05, 4.69) is 10.3 Å². The fourth-order valence-electron chi connectivity index (χ4n) is 3.39. The zero-order valence-electron chi connectivity index (χ0n) is 15.9. The maximum absolute atomic E-state index is 13.3. The zero-order chi connectivity index (χ0) is 21.3. The number of aromatic nitrogens is 1. The Morgan fingerprint density at radius 1 is 1.23 bits per heavy atom. The summed E-state index contributed by atoms with van der Waals surface area (Å²) in [5, 5.41) is 14.6. The number of methoxy groups -OCH3 is 1. The number of ether oxygens (including phenoxy) is 1. The number of nitrogens with zero attached hydrogens (tertiary/aromatic N) is 3. The molecule has 0 unspecified atom stereocenters. The van der Waals surface area contributed by atoms with Crippen molar-refractivity contribution in [3.05, 3.63) is 93.5 Å². The molecular weight excluding hydrogens is 391 g/mol. The number of carbonyl (C=O) groups excluding carboxylic acids is 1. The Kier molecular flexibility index (Phi) is 5.01. The maximum Gasteiger partial charge on any atom is 0.296 e. The predicted octanol–water partition coefficient (Wildman–Crippen LogP) is 3.90. The van der Waals surface area contributed by atoms with E-state index in [0.29, 0.717) is 22.6 Å². The van der Waals surface area contributed by atoms with Crippen LogP contribution in [0.4, 0.5) is 15.8 Å². The van der Waals surface area contributed by atoms with Crippen LogP contribution in [0.5, 0.6) is 5.75 Å². The Hall–Kier alpha value is -4.01. The number of benzene rings is 2. The van der Waals surface area contributed by atoms with Crippen molar-refractivity contribution in [1.82, 2.24) is 9.88 Å². The number of hydrogen-bond donors (Lipinski definition) is 1. The Balaban J connectivity index is 1.72. The van der Waals surface area contributed by atoms with Gasteiger partial charge in [0, 0.05) is 12.7 Å². The van der Waals surface area contributed by atoms with Crippen molar-refractivity contribution in [1.29, 1.82) is 0 Å². The van der Waals surface area contributed by atoms with Crippen LogP contribution in [0.25, 0.3) is 0 Å². The topological polar surface area (TPSA) is 97.6 Å². The second kappa shape index (κ2) is 7.78. The van der Waals surface area contributed by atoms with Crippen molar-refractivity contribution in [3.63, 3.8) is 0 Å². The summed E-state index contributed by atoms with van der Waals surface area (Å²) < 4.78 is 18.3. The number of pyridine rings is 1. The number of amides is 1. The third-order valence-electron chi connectivity index (χ3n) is 4.86. The average Bonchev–Trinajstić information content (AvgIpc) is 3.01. The van der Waals surface area contributed by atoms with Crippen LogP contribution in [0.15, 0.2) is 60.8 Å². The van der Waals surface area contributed by atoms with Crippen molar-refractivity contribution in [2.75, 3.05) is 12.4 Å². The molecule has 1 aliphatic rings. The Morgan fingerprint density at radius 3 is 2.70 bits per heavy atom. The first kappa shape index (κ1) is 19.3. The second-order valence-corrected chi connectivity index (χ2v) is 6.68. The van der Waals surface area contributed by atoms with E-state index in [9.17, 15) is 19.3 Å². The van der Waals surface area contributed by atoms with Gasteiger partial charge in [-0.25, -0.2) is 4.39 Å². The molecule has 0 radical (unpaired) electrons. The van der Waals surface area contributed by atoms with E-state index in [-0.39, 0.29) is 29.6 Å². The van der Waals surface area contributed by atoms with Gasteiger partial charge in [0.25, 0.3) is 11.6 Å². The van der Waals surface area contributed by atoms with E-state index in [1.807, 2.05) is 0 Å². The lowest BCUT2D eigenvalue weighted by atomic mass is 10.2. The summed E-state index contributed by atoms with van der Waals surface area (Å²) in [5.41, 5.74) is 1.63. The highest BCUT2D eigenvalue weighted by Gasteiger charge is 2.38. The number of rotatable bonds is 6. The van der Waals surface area contributed by atoms with Crippen LogP contribution in [-0.4, -0.2) is 27.8 Å². The molecule has 4 rings (SSSR count). The van der Waals surface area contributed by atoms with Crippen molar-refractivity contribution in [2.24, 2.45) is 0 Å². The van der Waals surface area contributed by atoms with Gasteiger partial charge in [0.2, 0.25) is 0 Å². The molecule has 30 heavy (non-hydrogen) atoms. The van der Waals surface area contributed by atoms with Gasteiger partial charge in [0.05, 0.1) is 29.4 Å². The fraction of sp³-hybridized carbons (Fsp3) is 0.143. The zero-order valence-corrected chi connectivity index (χ0v) is 15.9. The average molecular weight is 408 g/mol. The van der Waals surface area contributed by atoms with Crippen LogP contribution in [0.2, 0.25) is 0 Å². The van der Waals surface area contributed by atoms with Crippen molar-refractivity contribution in [3.8, 4) is 5.75 Å². The lowest BCUT2D eigenvalue weighted by Gasteiger charge is -2.26. The quantitative estimate of drug-likeness (QED) is 0.491. The summed E-state index contributed by atoms with van der Waals surface area (Å²) >= 11 is 0. The van der Waals surface area contributed by atoms with Gasteiger partial charge in [0.1, 0.15) is 23.4 Å². The van der Waals surface area contributed by atoms with E-state index in [0.717, 1.165) is 0 Å². The summed E-state index contributed by atoms with van der Waals surface area (Å²) in [4.78, 5) is 29.9. The molecule has 0 fully saturated rings. The summed E-state index contributed by atoms with van der Waals surface area (Å²) in [7, 11) is 1.42. The molecule has 1 N–H and O–H groups in total. The van der Waals surface area contributed by atoms with Crippen LogP contribution < -0.4 is 10.1 Å². The highest BCUT2D eigenvalue weighted by atomic mass is 19.1. The molecule has 9 heteroatoms. The summed E-state index contributed by atoms with van der Waals surface area (Å²) in [6.45, 7) is 0.178. The molecular formula is C21H17FN4O4. The normalized spacial score (nSPS) is 15.1. The molecule has 1 atom stereocenters. The smallest absolute Gasteiger partial charge is 0.296 e. The Morgan fingerprint density at radius 2 is 2.00 bits per heavy atom. The van der Waals surface area contributed by atoms with Crippen LogP contribution in [-0.2, 0) is 6.54 Å². The van der Waals surface area contributed by atoms with E-state index in [1.54, 1.807) is 36.5 Å². The molecule has 1 aliphatic heterocycles. The number of nitrogens with one attached hydrogen (secondary N) is 1. The number of nitro benzene ring substituents is 1. The minimum atomic E-state index is -0.731. The van der Waals surface area contributed by atoms with Gasteiger partial charge in [0.15, 0.2) is 0 Å². The number of carbonyl (C=O) groups is 1. The van der Waals surface area contributed by atoms with Crippen LogP contribution in [0.3, 0.4) is 0 Å². The molecule has 152 valence electrons. The summed E-state index contributed by atoms with van der Waals surface area (Å²) in [6, 6.07) is 13.6. The number of fused-ring (bicyclic) bond motifs is 1. The van der Waals surface area contributed by atoms with E-state index in [1.165, 1.54) is 36.3 Å². The van der Waals surface area contributed by atoms with Gasteiger partial charge in [-0.1, -0.05) is 12.1 Å². The van der Waals surface area contributed by atoms with Crippen LogP contribution in [0, 0.1) is 15.9 Å². The first-order valence-electron chi connectivity index (χ1n) is 9.07. The van der Waals surface area contributed by atoms with Crippen LogP contribution in [0.1, 0.15) is 27.8 Å². The molecule has 0 saturated carbocycles. The summed E-state index contributed by atoms with van der Waals surface area (Å²) in [6.07, 6.45) is 0.829. The number of anilines is 1. The molecule has 2 heterocycles. The van der Waals surface area contributed by atoms with Crippen LogP contribution >= 0.6 is 0 Å². The third kappa shape index (κ3) is 3.52. The van der Waals surface area contributed by atoms with Gasteiger partial charge in [-0.05, 0) is 42.0 Å². The monoisotopic (exact) mass is 408 g/mol. The first-order valence-corrected chi connectivity index (χ1v) is 9.07. The van der Waals surface area contributed by atoms with Crippen molar-refractivity contribution < 1.29 is 18.8 Å². The number of nitro groups is 1. The van der Waals surface area contributed by atoms with Gasteiger partial charge in [-0.15, -0.1) is 0 Å². The van der Waals surface area contributed by atoms with Crippen molar-refractivity contribution >= 4 is 17.3 Å². The third-order valence-corrected chi connectivity index (χ3v) is 4.86. The second-order valence-electron chi connectivity index (χ2n) is 6.68. The Labute approximate surface area is 171 Å². The molecule has 1 amide bonds. The molecule has 1 aromatic heterocycles. The SMILES string of the molecule is COc1ccc(N[C@H]2c3ncccc3C(=O)N2Cc2ccc(F)cc2)c([N+](=O)[O-])c1. The van der Waals surface area contributed by atoms with E-state index >= 15 is 0 Å². The minimum Gasteiger partial charge on any atom is -0.496 e. The number of halogens is 1. The summed E-state index contributed by atoms with van der Waals surface area (Å²) in [5.74, 6) is -0.299. The lowest BCUT2D eigenvalue weighted by Crippen LogP contribution is -2.32. The van der Waals surface area contributed by atoms with Gasteiger partial charge >= 0.3 is 0 Å². The van der Waals surface area contributed by atoms with E-state index < -0.39 is 11.1 Å². The predicted molar refractivity (Wildman–Crippen MR) is 107 cm³/mol. The first-order chi connectivity index (χ1) is 14.5. The van der Waals surface area contributed by atoms with Gasteiger partial charge < -0.3 is 15.0 Å². The van der Waals surface area contributed by atoms with Gasteiger partial charge in [-0.3, -0.25) is 19.9 Å². The molecule has 0 spiro atoms. The number of hydrogen-bond acceptors (Lipinski definition) is 6. The molecule has 0 saturated heterocycles. The van der Waals surface area contributed by atoms with E-state index in [4.69, 9.17) is 4.74 Å². The fourth-order valence-corrected chi connectivity index (χ4v) is 3.39. The molecule has 2 aromatic carbocycles. The van der Waals surface area contributed by atoms with Gasteiger partial charge in [-0.2, -0.15) is 0 Å². The Bertz CT molecular complexity index is 1120. The molecule has 0 aliphatic carbocycles. The largest absolute Gasteiger partial charge is 0.496 e. The molecule has 8 nitrogen and oxygen atoms in total. The highest BCUT2D eigenvalue weighted by molar-refractivity contribution is 5.99.